The third-order valence-corrected chi connectivity index (χ3v) is 2.29. The van der Waals surface area contributed by atoms with Crippen LogP contribution in [0.4, 0.5) is 0 Å². The molecule has 3 heteroatoms. The number of likely N-dealkylation sites (N-methyl/N-ethyl adjacent to an activating group) is 1. The van der Waals surface area contributed by atoms with E-state index in [4.69, 9.17) is 0 Å². The highest BCUT2D eigenvalue weighted by Gasteiger charge is 2.29. The summed E-state index contributed by atoms with van der Waals surface area (Å²) in [7, 11) is 0. The van der Waals surface area contributed by atoms with Gasteiger partial charge in [0, 0.05) is 6.04 Å². The maximum atomic E-state index is 9.46. The summed E-state index contributed by atoms with van der Waals surface area (Å²) in [5, 5.41) is 21.9. The van der Waals surface area contributed by atoms with Crippen LogP contribution in [-0.4, -0.2) is 35.0 Å². The Morgan fingerprint density at radius 1 is 1.36 bits per heavy atom. The molecule has 11 heavy (non-hydrogen) atoms. The van der Waals surface area contributed by atoms with Crippen molar-refractivity contribution in [2.75, 3.05) is 6.54 Å². The Balaban J connectivity index is 2.38. The van der Waals surface area contributed by atoms with Crippen molar-refractivity contribution >= 4 is 0 Å². The number of rotatable bonds is 2. The normalized spacial score (nSPS) is 39.0. The van der Waals surface area contributed by atoms with Gasteiger partial charge in [0.05, 0.1) is 12.2 Å². The summed E-state index contributed by atoms with van der Waals surface area (Å²) < 4.78 is 0. The lowest BCUT2D eigenvalue weighted by atomic mass is 9.90. The minimum absolute atomic E-state index is 0.101. The first-order valence-electron chi connectivity index (χ1n) is 4.35. The van der Waals surface area contributed by atoms with Gasteiger partial charge in [0.1, 0.15) is 0 Å². The van der Waals surface area contributed by atoms with Crippen molar-refractivity contribution in [3.05, 3.63) is 0 Å². The second kappa shape index (κ2) is 4.04. The molecule has 66 valence electrons. The van der Waals surface area contributed by atoms with Crippen molar-refractivity contribution in [3.63, 3.8) is 0 Å². The first-order chi connectivity index (χ1) is 5.25. The minimum Gasteiger partial charge on any atom is -0.390 e. The van der Waals surface area contributed by atoms with E-state index in [0.717, 1.165) is 25.8 Å². The topological polar surface area (TPSA) is 52.5 Å². The van der Waals surface area contributed by atoms with Gasteiger partial charge >= 0.3 is 0 Å². The van der Waals surface area contributed by atoms with E-state index in [2.05, 4.69) is 5.32 Å². The fourth-order valence-corrected chi connectivity index (χ4v) is 1.64. The second-order valence-electron chi connectivity index (χ2n) is 3.15. The van der Waals surface area contributed by atoms with Crippen molar-refractivity contribution in [2.45, 2.75) is 44.4 Å². The Kier molecular flexibility index (Phi) is 3.30. The van der Waals surface area contributed by atoms with Crippen LogP contribution >= 0.6 is 0 Å². The Morgan fingerprint density at radius 3 is 2.73 bits per heavy atom. The lowest BCUT2D eigenvalue weighted by Crippen LogP contribution is -2.48. The van der Waals surface area contributed by atoms with Crippen LogP contribution in [0.5, 0.6) is 0 Å². The number of aliphatic hydroxyl groups excluding tert-OH is 2. The van der Waals surface area contributed by atoms with Gasteiger partial charge in [-0.1, -0.05) is 6.92 Å². The molecule has 0 spiro atoms. The maximum Gasteiger partial charge on any atom is 0.0951 e. The molecule has 1 aliphatic carbocycles. The van der Waals surface area contributed by atoms with Gasteiger partial charge in [-0.05, 0) is 25.8 Å². The van der Waals surface area contributed by atoms with E-state index in [9.17, 15) is 10.2 Å². The molecule has 0 heterocycles. The SMILES string of the molecule is CCN[C@@H]1CCC[C@@H](O)[C@H]1O. The van der Waals surface area contributed by atoms with Crippen molar-refractivity contribution in [1.82, 2.24) is 5.32 Å². The van der Waals surface area contributed by atoms with Gasteiger partial charge in [-0.25, -0.2) is 0 Å². The van der Waals surface area contributed by atoms with E-state index in [1.165, 1.54) is 0 Å². The molecule has 0 aromatic rings. The summed E-state index contributed by atoms with van der Waals surface area (Å²) in [5.74, 6) is 0. The molecule has 0 amide bonds. The molecule has 3 nitrogen and oxygen atoms in total. The van der Waals surface area contributed by atoms with Gasteiger partial charge in [-0.15, -0.1) is 0 Å². The molecule has 1 rings (SSSR count). The number of hydrogen-bond acceptors (Lipinski definition) is 3. The predicted octanol–water partition coefficient (Wildman–Crippen LogP) is -0.130. The largest absolute Gasteiger partial charge is 0.390 e. The minimum atomic E-state index is -0.566. The summed E-state index contributed by atoms with van der Waals surface area (Å²) in [4.78, 5) is 0. The van der Waals surface area contributed by atoms with Gasteiger partial charge in [0.2, 0.25) is 0 Å². The van der Waals surface area contributed by atoms with Crippen molar-refractivity contribution in [3.8, 4) is 0 Å². The molecule has 1 fully saturated rings. The number of aliphatic hydroxyl groups is 2. The first kappa shape index (κ1) is 8.97. The van der Waals surface area contributed by atoms with Crippen LogP contribution in [0.1, 0.15) is 26.2 Å². The zero-order valence-electron chi connectivity index (χ0n) is 6.95. The van der Waals surface area contributed by atoms with Crippen LogP contribution < -0.4 is 5.32 Å². The molecule has 0 bridgehead atoms. The summed E-state index contributed by atoms with van der Waals surface area (Å²) >= 11 is 0. The highest BCUT2D eigenvalue weighted by atomic mass is 16.3. The van der Waals surface area contributed by atoms with Crippen LogP contribution in [-0.2, 0) is 0 Å². The molecular formula is C8H17NO2. The first-order valence-corrected chi connectivity index (χ1v) is 4.35. The van der Waals surface area contributed by atoms with E-state index in [-0.39, 0.29) is 6.04 Å². The summed E-state index contributed by atoms with van der Waals surface area (Å²) in [5.41, 5.74) is 0. The molecule has 0 saturated heterocycles. The number of nitrogens with one attached hydrogen (secondary N) is 1. The molecule has 3 N–H and O–H groups in total. The van der Waals surface area contributed by atoms with E-state index < -0.39 is 12.2 Å². The highest BCUT2D eigenvalue weighted by molar-refractivity contribution is 4.85. The fourth-order valence-electron chi connectivity index (χ4n) is 1.64. The van der Waals surface area contributed by atoms with Crippen LogP contribution in [0.3, 0.4) is 0 Å². The summed E-state index contributed by atoms with van der Waals surface area (Å²) in [6.45, 7) is 2.86. The Bertz CT molecular complexity index is 117. The average Bonchev–Trinajstić information content (AvgIpc) is 1.99. The van der Waals surface area contributed by atoms with Crippen molar-refractivity contribution in [2.24, 2.45) is 0 Å². The highest BCUT2D eigenvalue weighted by Crippen LogP contribution is 2.18. The molecular weight excluding hydrogens is 142 g/mol. The van der Waals surface area contributed by atoms with E-state index >= 15 is 0 Å². The monoisotopic (exact) mass is 159 g/mol. The summed E-state index contributed by atoms with van der Waals surface area (Å²) in [6.07, 6.45) is 1.64. The van der Waals surface area contributed by atoms with E-state index in [1.54, 1.807) is 0 Å². The van der Waals surface area contributed by atoms with Gasteiger partial charge < -0.3 is 15.5 Å². The Hall–Kier alpha value is -0.120. The maximum absolute atomic E-state index is 9.46. The number of hydrogen-bond donors (Lipinski definition) is 3. The molecule has 0 aliphatic heterocycles. The molecule has 0 aromatic heterocycles. The van der Waals surface area contributed by atoms with Crippen LogP contribution in [0.2, 0.25) is 0 Å². The van der Waals surface area contributed by atoms with Crippen LogP contribution in [0.15, 0.2) is 0 Å². The van der Waals surface area contributed by atoms with Crippen LogP contribution in [0, 0.1) is 0 Å². The lowest BCUT2D eigenvalue weighted by Gasteiger charge is -2.32. The van der Waals surface area contributed by atoms with Crippen molar-refractivity contribution in [1.29, 1.82) is 0 Å². The third kappa shape index (κ3) is 2.15. The Morgan fingerprint density at radius 2 is 2.09 bits per heavy atom. The standard InChI is InChI=1S/C8H17NO2/c1-2-9-6-4-3-5-7(10)8(6)11/h6-11H,2-5H2,1H3/t6-,7-,8+/m1/s1. The lowest BCUT2D eigenvalue weighted by molar-refractivity contribution is -0.0289. The second-order valence-corrected chi connectivity index (χ2v) is 3.15. The molecule has 0 radical (unpaired) electrons. The van der Waals surface area contributed by atoms with Crippen LogP contribution in [0.25, 0.3) is 0 Å². The third-order valence-electron chi connectivity index (χ3n) is 2.29. The Labute approximate surface area is 67.4 Å². The molecule has 0 unspecified atom stereocenters. The van der Waals surface area contributed by atoms with Gasteiger partial charge in [0.15, 0.2) is 0 Å². The zero-order chi connectivity index (χ0) is 8.27. The molecule has 1 aliphatic rings. The quantitative estimate of drug-likeness (QED) is 0.526. The van der Waals surface area contributed by atoms with Crippen molar-refractivity contribution < 1.29 is 10.2 Å². The predicted molar refractivity (Wildman–Crippen MR) is 43.3 cm³/mol. The molecule has 3 atom stereocenters. The average molecular weight is 159 g/mol. The fraction of sp³-hybridized carbons (Fsp3) is 1.00. The summed E-state index contributed by atoms with van der Waals surface area (Å²) in [6, 6.07) is 0.101. The van der Waals surface area contributed by atoms with E-state index in [0.29, 0.717) is 0 Å². The molecule has 1 saturated carbocycles. The van der Waals surface area contributed by atoms with Gasteiger partial charge in [-0.2, -0.15) is 0 Å². The van der Waals surface area contributed by atoms with Gasteiger partial charge in [0.25, 0.3) is 0 Å². The zero-order valence-corrected chi connectivity index (χ0v) is 6.95. The molecule has 0 aromatic carbocycles. The van der Waals surface area contributed by atoms with E-state index in [1.807, 2.05) is 6.92 Å². The smallest absolute Gasteiger partial charge is 0.0951 e. The van der Waals surface area contributed by atoms with Gasteiger partial charge in [-0.3, -0.25) is 0 Å².